The lowest BCUT2D eigenvalue weighted by Gasteiger charge is -2.12. The minimum absolute atomic E-state index is 0.0828. The summed E-state index contributed by atoms with van der Waals surface area (Å²) in [5, 5.41) is 4.01. The number of thiazole rings is 1. The predicted molar refractivity (Wildman–Crippen MR) is 75.9 cm³/mol. The van der Waals surface area contributed by atoms with Crippen LogP contribution in [0.15, 0.2) is 24.3 Å². The van der Waals surface area contributed by atoms with Gasteiger partial charge in [-0.3, -0.25) is 0 Å². The van der Waals surface area contributed by atoms with E-state index >= 15 is 0 Å². The molecule has 0 saturated carbocycles. The number of hydrogen-bond donors (Lipinski definition) is 1. The van der Waals surface area contributed by atoms with E-state index in [0.29, 0.717) is 6.42 Å². The Morgan fingerprint density at radius 3 is 2.72 bits per heavy atom. The van der Waals surface area contributed by atoms with Gasteiger partial charge in [0.15, 0.2) is 0 Å². The Kier molecular flexibility index (Phi) is 3.99. The summed E-state index contributed by atoms with van der Waals surface area (Å²) in [7, 11) is -1.19. The van der Waals surface area contributed by atoms with Crippen molar-refractivity contribution in [2.75, 3.05) is 19.1 Å². The summed E-state index contributed by atoms with van der Waals surface area (Å²) in [5.74, 6) is 0.138. The topological polar surface area (TPSA) is 59.1 Å². The standard InChI is InChI=1S/C12H16N2O2S2/c1-13-9(8-18(2,15)16)7-12-14-10-5-3-4-6-11(10)17-12/h3-6,9,13H,7-8H2,1-2H3. The largest absolute Gasteiger partial charge is 0.316 e. The molecule has 0 aliphatic heterocycles. The summed E-state index contributed by atoms with van der Waals surface area (Å²) in [6.07, 6.45) is 1.90. The fraction of sp³-hybridized carbons (Fsp3) is 0.417. The minimum atomic E-state index is -2.97. The molecule has 1 unspecified atom stereocenters. The van der Waals surface area contributed by atoms with Crippen molar-refractivity contribution in [2.45, 2.75) is 12.5 Å². The van der Waals surface area contributed by atoms with Gasteiger partial charge in [-0.15, -0.1) is 11.3 Å². The molecule has 1 heterocycles. The summed E-state index contributed by atoms with van der Waals surface area (Å²) in [6.45, 7) is 0. The van der Waals surface area contributed by atoms with Crippen molar-refractivity contribution in [1.82, 2.24) is 10.3 Å². The summed E-state index contributed by atoms with van der Waals surface area (Å²) < 4.78 is 23.8. The van der Waals surface area contributed by atoms with Gasteiger partial charge in [-0.1, -0.05) is 12.1 Å². The number of likely N-dealkylation sites (N-methyl/N-ethyl adjacent to an activating group) is 1. The van der Waals surface area contributed by atoms with Crippen LogP contribution in [-0.4, -0.2) is 38.5 Å². The molecule has 4 nitrogen and oxygen atoms in total. The fourth-order valence-corrected chi connectivity index (χ4v) is 3.89. The second kappa shape index (κ2) is 5.34. The number of sulfone groups is 1. The van der Waals surface area contributed by atoms with Gasteiger partial charge in [-0.2, -0.15) is 0 Å². The van der Waals surface area contributed by atoms with Crippen LogP contribution in [0.5, 0.6) is 0 Å². The number of para-hydroxylation sites is 1. The van der Waals surface area contributed by atoms with Gasteiger partial charge in [-0.25, -0.2) is 13.4 Å². The van der Waals surface area contributed by atoms with Crippen LogP contribution < -0.4 is 5.32 Å². The average molecular weight is 284 g/mol. The van der Waals surface area contributed by atoms with Crippen LogP contribution in [0.4, 0.5) is 0 Å². The Balaban J connectivity index is 2.16. The molecular formula is C12H16N2O2S2. The molecule has 1 atom stereocenters. The van der Waals surface area contributed by atoms with Crippen LogP contribution in [0.2, 0.25) is 0 Å². The van der Waals surface area contributed by atoms with Crippen LogP contribution in [0.1, 0.15) is 5.01 Å². The Labute approximate surface area is 111 Å². The number of aromatic nitrogens is 1. The molecule has 2 aromatic rings. The van der Waals surface area contributed by atoms with Gasteiger partial charge in [0.2, 0.25) is 0 Å². The molecule has 0 saturated heterocycles. The second-order valence-corrected chi connectivity index (χ2v) is 7.66. The van der Waals surface area contributed by atoms with E-state index in [2.05, 4.69) is 10.3 Å². The molecule has 6 heteroatoms. The molecule has 0 bridgehead atoms. The minimum Gasteiger partial charge on any atom is -0.316 e. The van der Waals surface area contributed by atoms with Gasteiger partial charge in [-0.05, 0) is 19.2 Å². The highest BCUT2D eigenvalue weighted by Gasteiger charge is 2.16. The molecule has 0 spiro atoms. The summed E-state index contributed by atoms with van der Waals surface area (Å²) in [4.78, 5) is 4.51. The van der Waals surface area contributed by atoms with E-state index in [0.717, 1.165) is 15.2 Å². The quantitative estimate of drug-likeness (QED) is 0.903. The molecule has 0 fully saturated rings. The van der Waals surface area contributed by atoms with E-state index in [9.17, 15) is 8.42 Å². The summed E-state index contributed by atoms with van der Waals surface area (Å²) in [5.41, 5.74) is 0.978. The van der Waals surface area contributed by atoms with Crippen molar-refractivity contribution in [3.8, 4) is 0 Å². The van der Waals surface area contributed by atoms with Crippen LogP contribution in [0.3, 0.4) is 0 Å². The van der Waals surface area contributed by atoms with Crippen LogP contribution >= 0.6 is 11.3 Å². The molecular weight excluding hydrogens is 268 g/mol. The van der Waals surface area contributed by atoms with Gasteiger partial charge in [0.25, 0.3) is 0 Å². The maximum atomic E-state index is 11.3. The first kappa shape index (κ1) is 13.5. The molecule has 1 aromatic carbocycles. The normalized spacial score (nSPS) is 13.9. The van der Waals surface area contributed by atoms with Gasteiger partial charge >= 0.3 is 0 Å². The lowest BCUT2D eigenvalue weighted by molar-refractivity contribution is 0.566. The molecule has 1 aromatic heterocycles. The van der Waals surface area contributed by atoms with E-state index in [4.69, 9.17) is 0 Å². The number of rotatable bonds is 5. The summed E-state index contributed by atoms with van der Waals surface area (Å²) >= 11 is 1.62. The SMILES string of the molecule is CNC(Cc1nc2ccccc2s1)CS(C)(=O)=O. The van der Waals surface area contributed by atoms with Gasteiger partial charge in [0.05, 0.1) is 21.0 Å². The van der Waals surface area contributed by atoms with Gasteiger partial charge in [0.1, 0.15) is 9.84 Å². The molecule has 98 valence electrons. The van der Waals surface area contributed by atoms with E-state index < -0.39 is 9.84 Å². The van der Waals surface area contributed by atoms with Crippen molar-refractivity contribution < 1.29 is 8.42 Å². The zero-order chi connectivity index (χ0) is 13.2. The Morgan fingerprint density at radius 1 is 1.39 bits per heavy atom. The van der Waals surface area contributed by atoms with Gasteiger partial charge < -0.3 is 5.32 Å². The van der Waals surface area contributed by atoms with E-state index in [1.54, 1.807) is 18.4 Å². The van der Waals surface area contributed by atoms with Crippen molar-refractivity contribution in [3.05, 3.63) is 29.3 Å². The number of fused-ring (bicyclic) bond motifs is 1. The van der Waals surface area contributed by atoms with E-state index in [1.165, 1.54) is 6.26 Å². The first-order valence-corrected chi connectivity index (χ1v) is 8.55. The van der Waals surface area contributed by atoms with E-state index in [1.807, 2.05) is 24.3 Å². The molecule has 0 aliphatic rings. The number of hydrogen-bond acceptors (Lipinski definition) is 5. The summed E-state index contributed by atoms with van der Waals surface area (Å²) in [6, 6.07) is 7.86. The van der Waals surface area contributed by atoms with Crippen LogP contribution in [0.25, 0.3) is 10.2 Å². The predicted octanol–water partition coefficient (Wildman–Crippen LogP) is 1.47. The molecule has 0 radical (unpaired) electrons. The van der Waals surface area contributed by atoms with Gasteiger partial charge in [0, 0.05) is 18.7 Å². The second-order valence-electron chi connectivity index (χ2n) is 4.36. The molecule has 1 N–H and O–H groups in total. The highest BCUT2D eigenvalue weighted by atomic mass is 32.2. The van der Waals surface area contributed by atoms with E-state index in [-0.39, 0.29) is 11.8 Å². The lowest BCUT2D eigenvalue weighted by Crippen LogP contribution is -2.34. The van der Waals surface area contributed by atoms with Crippen molar-refractivity contribution in [1.29, 1.82) is 0 Å². The monoisotopic (exact) mass is 284 g/mol. The highest BCUT2D eigenvalue weighted by Crippen LogP contribution is 2.22. The molecule has 18 heavy (non-hydrogen) atoms. The maximum Gasteiger partial charge on any atom is 0.148 e. The molecule has 0 amide bonds. The van der Waals surface area contributed by atoms with Crippen LogP contribution in [0, 0.1) is 0 Å². The van der Waals surface area contributed by atoms with Crippen LogP contribution in [-0.2, 0) is 16.3 Å². The third-order valence-corrected chi connectivity index (χ3v) is 4.74. The highest BCUT2D eigenvalue weighted by molar-refractivity contribution is 7.90. The smallest absolute Gasteiger partial charge is 0.148 e. The number of benzene rings is 1. The van der Waals surface area contributed by atoms with Crippen molar-refractivity contribution in [3.63, 3.8) is 0 Å². The fourth-order valence-electron chi connectivity index (χ4n) is 1.83. The Bertz CT molecular complexity index is 601. The third kappa shape index (κ3) is 3.51. The zero-order valence-electron chi connectivity index (χ0n) is 10.4. The first-order valence-electron chi connectivity index (χ1n) is 5.67. The number of nitrogens with zero attached hydrogens (tertiary/aromatic N) is 1. The Morgan fingerprint density at radius 2 is 2.11 bits per heavy atom. The van der Waals surface area contributed by atoms with Crippen molar-refractivity contribution in [2.24, 2.45) is 0 Å². The molecule has 0 aliphatic carbocycles. The Hall–Kier alpha value is -0.980. The average Bonchev–Trinajstić information content (AvgIpc) is 2.68. The maximum absolute atomic E-state index is 11.3. The first-order chi connectivity index (χ1) is 8.48. The zero-order valence-corrected chi connectivity index (χ0v) is 12.0. The third-order valence-electron chi connectivity index (χ3n) is 2.67. The lowest BCUT2D eigenvalue weighted by atomic mass is 10.2. The molecule has 2 rings (SSSR count). The van der Waals surface area contributed by atoms with Crippen molar-refractivity contribution >= 4 is 31.4 Å². The number of nitrogens with one attached hydrogen (secondary N) is 1.